The molecule has 0 aromatic heterocycles. The fourth-order valence-electron chi connectivity index (χ4n) is 2.20. The Bertz CT molecular complexity index is 449. The predicted molar refractivity (Wildman–Crippen MR) is 90.3 cm³/mol. The number of nitrogens with two attached hydrogens (primary N) is 1. The zero-order valence-electron chi connectivity index (χ0n) is 11.4. The number of hydrogen-bond donors (Lipinski definition) is 1. The third-order valence-corrected chi connectivity index (χ3v) is 4.16. The lowest BCUT2D eigenvalue weighted by Crippen LogP contribution is -2.47. The highest BCUT2D eigenvalue weighted by molar-refractivity contribution is 14.1. The van der Waals surface area contributed by atoms with Crippen LogP contribution >= 0.6 is 35.0 Å². The van der Waals surface area contributed by atoms with Gasteiger partial charge in [-0.25, -0.2) is 0 Å². The predicted octanol–water partition coefficient (Wildman–Crippen LogP) is 2.43. The summed E-state index contributed by atoms with van der Waals surface area (Å²) < 4.78 is 7.12. The molecule has 1 aliphatic heterocycles. The van der Waals surface area contributed by atoms with Gasteiger partial charge in [0.15, 0.2) is 0 Å². The number of carbonyl (C=O) groups is 1. The second kappa shape index (κ2) is 8.05. The van der Waals surface area contributed by atoms with Crippen molar-refractivity contribution in [2.24, 2.45) is 5.73 Å². The SMILES string of the molecule is C[C@@H](N)C(=O)N1CCC(Oc2ccccc2I)CC1.Cl. The average Bonchev–Trinajstić information content (AvgIpc) is 2.41. The van der Waals surface area contributed by atoms with E-state index >= 15 is 0 Å². The van der Waals surface area contributed by atoms with Gasteiger partial charge in [0.2, 0.25) is 5.91 Å². The molecule has 1 aromatic rings. The molecule has 1 aromatic carbocycles. The molecule has 1 amide bonds. The summed E-state index contributed by atoms with van der Waals surface area (Å²) in [4.78, 5) is 13.6. The molecule has 6 heteroatoms. The van der Waals surface area contributed by atoms with Gasteiger partial charge in [-0.05, 0) is 41.6 Å². The van der Waals surface area contributed by atoms with Crippen LogP contribution in [0.25, 0.3) is 0 Å². The lowest BCUT2D eigenvalue weighted by atomic mass is 10.1. The Labute approximate surface area is 139 Å². The van der Waals surface area contributed by atoms with Crippen LogP contribution in [0.4, 0.5) is 0 Å². The van der Waals surface area contributed by atoms with Crippen molar-refractivity contribution in [2.45, 2.75) is 31.9 Å². The van der Waals surface area contributed by atoms with Gasteiger partial charge in [-0.3, -0.25) is 4.79 Å². The van der Waals surface area contributed by atoms with Crippen LogP contribution < -0.4 is 10.5 Å². The number of rotatable bonds is 3. The second-order valence-corrected chi connectivity index (χ2v) is 6.02. The Morgan fingerprint density at radius 3 is 2.55 bits per heavy atom. The summed E-state index contributed by atoms with van der Waals surface area (Å²) in [6, 6.07) is 7.59. The minimum absolute atomic E-state index is 0. The first-order valence-corrected chi connectivity index (χ1v) is 7.61. The maximum absolute atomic E-state index is 11.8. The van der Waals surface area contributed by atoms with Crippen LogP contribution in [0.15, 0.2) is 24.3 Å². The summed E-state index contributed by atoms with van der Waals surface area (Å²) in [7, 11) is 0. The van der Waals surface area contributed by atoms with E-state index < -0.39 is 6.04 Å². The molecular weight excluding hydrogens is 391 g/mol. The number of carbonyl (C=O) groups excluding carboxylic acids is 1. The number of likely N-dealkylation sites (tertiary alicyclic amines) is 1. The Morgan fingerprint density at radius 1 is 1.40 bits per heavy atom. The Hall–Kier alpha value is -0.530. The highest BCUT2D eigenvalue weighted by Gasteiger charge is 2.25. The Kier molecular flexibility index (Phi) is 7.05. The van der Waals surface area contributed by atoms with Gasteiger partial charge in [-0.15, -0.1) is 12.4 Å². The molecule has 1 aliphatic rings. The number of nitrogens with zero attached hydrogens (tertiary/aromatic N) is 1. The minimum Gasteiger partial charge on any atom is -0.489 e. The van der Waals surface area contributed by atoms with Crippen LogP contribution in [0.3, 0.4) is 0 Å². The molecule has 2 rings (SSSR count). The number of piperidine rings is 1. The summed E-state index contributed by atoms with van der Waals surface area (Å²) in [5, 5.41) is 0. The van der Waals surface area contributed by atoms with Crippen molar-refractivity contribution in [3.8, 4) is 5.75 Å². The van der Waals surface area contributed by atoms with Gasteiger partial charge in [-0.2, -0.15) is 0 Å². The fourth-order valence-corrected chi connectivity index (χ4v) is 2.72. The molecule has 0 saturated carbocycles. The average molecular weight is 411 g/mol. The van der Waals surface area contributed by atoms with E-state index in [1.54, 1.807) is 6.92 Å². The van der Waals surface area contributed by atoms with Gasteiger partial charge in [0.1, 0.15) is 11.9 Å². The van der Waals surface area contributed by atoms with Crippen LogP contribution in [-0.4, -0.2) is 36.0 Å². The topological polar surface area (TPSA) is 55.6 Å². The van der Waals surface area contributed by atoms with Crippen molar-refractivity contribution < 1.29 is 9.53 Å². The van der Waals surface area contributed by atoms with Gasteiger partial charge in [0.25, 0.3) is 0 Å². The van der Waals surface area contributed by atoms with Gasteiger partial charge in [0, 0.05) is 25.9 Å². The van der Waals surface area contributed by atoms with E-state index in [0.29, 0.717) is 0 Å². The molecule has 0 radical (unpaired) electrons. The molecule has 4 nitrogen and oxygen atoms in total. The van der Waals surface area contributed by atoms with E-state index in [4.69, 9.17) is 10.5 Å². The maximum Gasteiger partial charge on any atom is 0.239 e. The lowest BCUT2D eigenvalue weighted by Gasteiger charge is -2.33. The molecule has 0 spiro atoms. The molecule has 1 atom stereocenters. The van der Waals surface area contributed by atoms with Gasteiger partial charge in [0.05, 0.1) is 9.61 Å². The van der Waals surface area contributed by atoms with Crippen LogP contribution in [0, 0.1) is 3.57 Å². The monoisotopic (exact) mass is 410 g/mol. The Morgan fingerprint density at radius 2 is 2.00 bits per heavy atom. The van der Waals surface area contributed by atoms with E-state index in [0.717, 1.165) is 35.3 Å². The minimum atomic E-state index is -0.410. The molecular formula is C14H20ClIN2O2. The van der Waals surface area contributed by atoms with Crippen molar-refractivity contribution in [3.05, 3.63) is 27.8 Å². The summed E-state index contributed by atoms with van der Waals surface area (Å²) in [6.45, 7) is 3.19. The molecule has 112 valence electrons. The number of hydrogen-bond acceptors (Lipinski definition) is 3. The quantitative estimate of drug-likeness (QED) is 0.779. The molecule has 1 heterocycles. The number of para-hydroxylation sites is 1. The van der Waals surface area contributed by atoms with Crippen molar-refractivity contribution in [3.63, 3.8) is 0 Å². The van der Waals surface area contributed by atoms with Crippen molar-refractivity contribution in [2.75, 3.05) is 13.1 Å². The van der Waals surface area contributed by atoms with Crippen LogP contribution in [0.5, 0.6) is 5.75 Å². The molecule has 20 heavy (non-hydrogen) atoms. The smallest absolute Gasteiger partial charge is 0.239 e. The van der Waals surface area contributed by atoms with Gasteiger partial charge in [-0.1, -0.05) is 12.1 Å². The van der Waals surface area contributed by atoms with E-state index in [1.165, 1.54) is 0 Å². The summed E-state index contributed by atoms with van der Waals surface area (Å²) in [5.41, 5.74) is 5.62. The standard InChI is InChI=1S/C14H19IN2O2.ClH/c1-10(16)14(18)17-8-6-11(7-9-17)19-13-5-3-2-4-12(13)15;/h2-5,10-11H,6-9,16H2,1H3;1H/t10-;/m1./s1. The zero-order chi connectivity index (χ0) is 13.8. The molecule has 0 unspecified atom stereocenters. The highest BCUT2D eigenvalue weighted by Crippen LogP contribution is 2.24. The van der Waals surface area contributed by atoms with E-state index in [1.807, 2.05) is 29.2 Å². The largest absolute Gasteiger partial charge is 0.489 e. The normalized spacial score (nSPS) is 17.2. The first-order valence-electron chi connectivity index (χ1n) is 6.53. The van der Waals surface area contributed by atoms with Crippen LogP contribution in [0.2, 0.25) is 0 Å². The van der Waals surface area contributed by atoms with Crippen molar-refractivity contribution in [1.29, 1.82) is 0 Å². The van der Waals surface area contributed by atoms with E-state index in [2.05, 4.69) is 22.6 Å². The van der Waals surface area contributed by atoms with Crippen molar-refractivity contribution in [1.82, 2.24) is 4.90 Å². The molecule has 1 saturated heterocycles. The third-order valence-electron chi connectivity index (χ3n) is 3.27. The number of ether oxygens (including phenoxy) is 1. The second-order valence-electron chi connectivity index (χ2n) is 4.86. The summed E-state index contributed by atoms with van der Waals surface area (Å²) in [6.07, 6.45) is 1.92. The Balaban J connectivity index is 0.00000200. The zero-order valence-corrected chi connectivity index (χ0v) is 14.4. The van der Waals surface area contributed by atoms with Crippen LogP contribution in [-0.2, 0) is 4.79 Å². The number of benzene rings is 1. The molecule has 2 N–H and O–H groups in total. The molecule has 0 aliphatic carbocycles. The lowest BCUT2D eigenvalue weighted by molar-refractivity contribution is -0.133. The van der Waals surface area contributed by atoms with Crippen molar-refractivity contribution >= 4 is 40.9 Å². The maximum atomic E-state index is 11.8. The van der Waals surface area contributed by atoms with Gasteiger partial charge < -0.3 is 15.4 Å². The third kappa shape index (κ3) is 4.49. The summed E-state index contributed by atoms with van der Waals surface area (Å²) in [5.74, 6) is 0.966. The number of amides is 1. The molecule has 0 bridgehead atoms. The van der Waals surface area contributed by atoms with Crippen LogP contribution in [0.1, 0.15) is 19.8 Å². The first kappa shape index (κ1) is 17.5. The van der Waals surface area contributed by atoms with E-state index in [-0.39, 0.29) is 24.4 Å². The van der Waals surface area contributed by atoms with E-state index in [9.17, 15) is 4.79 Å². The fraction of sp³-hybridized carbons (Fsp3) is 0.500. The van der Waals surface area contributed by atoms with Gasteiger partial charge >= 0.3 is 0 Å². The number of halogens is 2. The molecule has 1 fully saturated rings. The first-order chi connectivity index (χ1) is 9.08. The summed E-state index contributed by atoms with van der Waals surface area (Å²) >= 11 is 2.27. The highest BCUT2D eigenvalue weighted by atomic mass is 127.